The molecule has 0 radical (unpaired) electrons. The van der Waals surface area contributed by atoms with Crippen molar-refractivity contribution in [2.45, 2.75) is 32.0 Å². The summed E-state index contributed by atoms with van der Waals surface area (Å²) >= 11 is 0. The fourth-order valence-electron chi connectivity index (χ4n) is 4.34. The highest BCUT2D eigenvalue weighted by Gasteiger charge is 2.34. The summed E-state index contributed by atoms with van der Waals surface area (Å²) < 4.78 is 60.6. The summed E-state index contributed by atoms with van der Waals surface area (Å²) in [6.45, 7) is 1.37. The Morgan fingerprint density at radius 3 is 2.57 bits per heavy atom. The number of aliphatic imine (C=N–C) groups is 1. The van der Waals surface area contributed by atoms with Crippen molar-refractivity contribution in [2.24, 2.45) is 12.0 Å². The van der Waals surface area contributed by atoms with Gasteiger partial charge < -0.3 is 19.9 Å². The van der Waals surface area contributed by atoms with Crippen molar-refractivity contribution in [3.05, 3.63) is 71.3 Å². The van der Waals surface area contributed by atoms with Gasteiger partial charge >= 0.3 is 6.18 Å². The molecule has 0 unspecified atom stereocenters. The largest absolute Gasteiger partial charge is 0.476 e. The SMILES string of the molecule is Cn1cc(C(F)(F)F)nc1-c1ccc(CNc2nc(-c3ccc(F)c(C#N)c3)nc3c2NC=NCCCCCO3)cc1. The molecule has 0 saturated carbocycles. The lowest BCUT2D eigenvalue weighted by atomic mass is 10.1. The zero-order chi connectivity index (χ0) is 29.7. The van der Waals surface area contributed by atoms with Gasteiger partial charge in [0.15, 0.2) is 17.3 Å². The van der Waals surface area contributed by atoms with E-state index in [-0.39, 0.29) is 23.1 Å². The lowest BCUT2D eigenvalue weighted by Crippen LogP contribution is -2.11. The van der Waals surface area contributed by atoms with Gasteiger partial charge in [0.1, 0.15) is 23.4 Å². The van der Waals surface area contributed by atoms with E-state index < -0.39 is 17.7 Å². The van der Waals surface area contributed by atoms with E-state index in [1.807, 2.05) is 6.07 Å². The van der Waals surface area contributed by atoms with Gasteiger partial charge in [0, 0.05) is 37.5 Å². The van der Waals surface area contributed by atoms with Crippen molar-refractivity contribution < 1.29 is 22.3 Å². The number of fused-ring (bicyclic) bond motifs is 1. The number of aryl methyl sites for hydroxylation is 1. The van der Waals surface area contributed by atoms with Crippen LogP contribution in [-0.4, -0.2) is 39.0 Å². The summed E-state index contributed by atoms with van der Waals surface area (Å²) in [6, 6.07) is 12.8. The number of hydrogen-bond acceptors (Lipinski definition) is 8. The molecule has 0 saturated heterocycles. The van der Waals surface area contributed by atoms with Crippen LogP contribution in [-0.2, 0) is 19.8 Å². The highest BCUT2D eigenvalue weighted by Crippen LogP contribution is 2.34. The van der Waals surface area contributed by atoms with Gasteiger partial charge in [0.25, 0.3) is 0 Å². The number of ether oxygens (including phenoxy) is 1. The average molecular weight is 579 g/mol. The molecule has 0 spiro atoms. The number of alkyl halides is 3. The van der Waals surface area contributed by atoms with Gasteiger partial charge in [-0.2, -0.15) is 23.4 Å². The summed E-state index contributed by atoms with van der Waals surface area (Å²) in [6.07, 6.45) is 0.639. The molecule has 0 atom stereocenters. The number of benzene rings is 2. The summed E-state index contributed by atoms with van der Waals surface area (Å²) in [5.74, 6) is 0.429. The van der Waals surface area contributed by atoms with E-state index in [0.717, 1.165) is 31.0 Å². The molecule has 1 aliphatic heterocycles. The van der Waals surface area contributed by atoms with E-state index in [1.54, 1.807) is 30.6 Å². The maximum atomic E-state index is 14.0. The molecular weight excluding hydrogens is 552 g/mol. The van der Waals surface area contributed by atoms with Crippen molar-refractivity contribution in [3.8, 4) is 34.7 Å². The summed E-state index contributed by atoms with van der Waals surface area (Å²) in [5, 5.41) is 15.7. The Bertz CT molecular complexity index is 1640. The van der Waals surface area contributed by atoms with Crippen LogP contribution in [0.25, 0.3) is 22.8 Å². The summed E-state index contributed by atoms with van der Waals surface area (Å²) in [7, 11) is 1.51. The molecule has 0 bridgehead atoms. The number of nitrogens with zero attached hydrogens (tertiary/aromatic N) is 6. The zero-order valence-corrected chi connectivity index (χ0v) is 22.5. The second-order valence-corrected chi connectivity index (χ2v) is 9.58. The van der Waals surface area contributed by atoms with Gasteiger partial charge in [0.05, 0.1) is 18.5 Å². The number of hydrogen-bond donors (Lipinski definition) is 2. The molecule has 9 nitrogen and oxygen atoms in total. The van der Waals surface area contributed by atoms with Gasteiger partial charge in [-0.3, -0.25) is 4.99 Å². The maximum absolute atomic E-state index is 14.0. The van der Waals surface area contributed by atoms with Crippen LogP contribution in [0.3, 0.4) is 0 Å². The van der Waals surface area contributed by atoms with Crippen LogP contribution in [0.4, 0.5) is 29.1 Å². The second-order valence-electron chi connectivity index (χ2n) is 9.58. The Labute approximate surface area is 238 Å². The Hall–Kier alpha value is -4.99. The van der Waals surface area contributed by atoms with Crippen LogP contribution >= 0.6 is 0 Å². The Morgan fingerprint density at radius 2 is 1.83 bits per heavy atom. The van der Waals surface area contributed by atoms with Crippen molar-refractivity contribution >= 4 is 17.8 Å². The number of aromatic nitrogens is 4. The minimum atomic E-state index is -4.53. The molecule has 216 valence electrons. The number of rotatable bonds is 5. The van der Waals surface area contributed by atoms with Gasteiger partial charge in [-0.25, -0.2) is 14.4 Å². The highest BCUT2D eigenvalue weighted by atomic mass is 19.4. The predicted octanol–water partition coefficient (Wildman–Crippen LogP) is 6.19. The van der Waals surface area contributed by atoms with Crippen molar-refractivity contribution in [3.63, 3.8) is 0 Å². The first-order chi connectivity index (χ1) is 20.2. The fraction of sp³-hybridized carbons (Fsp3) is 0.276. The highest BCUT2D eigenvalue weighted by molar-refractivity contribution is 5.85. The number of nitriles is 1. The van der Waals surface area contributed by atoms with E-state index in [2.05, 4.69) is 30.6 Å². The van der Waals surface area contributed by atoms with E-state index in [1.165, 1.54) is 29.8 Å². The molecule has 42 heavy (non-hydrogen) atoms. The van der Waals surface area contributed by atoms with Crippen LogP contribution in [0.1, 0.15) is 36.1 Å². The second kappa shape index (κ2) is 12.3. The molecule has 2 aromatic carbocycles. The predicted molar refractivity (Wildman–Crippen MR) is 149 cm³/mol. The molecular formula is C29H26F4N8O. The third kappa shape index (κ3) is 6.49. The Morgan fingerprint density at radius 1 is 1.05 bits per heavy atom. The van der Waals surface area contributed by atoms with Gasteiger partial charge in [-0.05, 0) is 43.0 Å². The maximum Gasteiger partial charge on any atom is 0.434 e. The molecule has 0 amide bonds. The lowest BCUT2D eigenvalue weighted by molar-refractivity contribution is -0.140. The van der Waals surface area contributed by atoms with Crippen LogP contribution < -0.4 is 15.4 Å². The molecule has 2 N–H and O–H groups in total. The first kappa shape index (κ1) is 28.5. The molecule has 0 aliphatic carbocycles. The molecule has 5 rings (SSSR count). The number of nitrogens with one attached hydrogen (secondary N) is 2. The van der Waals surface area contributed by atoms with Crippen LogP contribution in [0.2, 0.25) is 0 Å². The quantitative estimate of drug-likeness (QED) is 0.272. The van der Waals surface area contributed by atoms with Crippen LogP contribution in [0.5, 0.6) is 5.88 Å². The minimum Gasteiger partial charge on any atom is -0.476 e. The molecule has 1 aliphatic rings. The molecule has 2 aromatic heterocycles. The van der Waals surface area contributed by atoms with Crippen LogP contribution in [0, 0.1) is 17.1 Å². The molecule has 13 heteroatoms. The zero-order valence-electron chi connectivity index (χ0n) is 22.5. The van der Waals surface area contributed by atoms with Gasteiger partial charge in [-0.1, -0.05) is 24.3 Å². The first-order valence-corrected chi connectivity index (χ1v) is 13.2. The third-order valence-electron chi connectivity index (χ3n) is 6.53. The normalized spacial score (nSPS) is 13.7. The van der Waals surface area contributed by atoms with E-state index >= 15 is 0 Å². The van der Waals surface area contributed by atoms with Crippen molar-refractivity contribution in [1.29, 1.82) is 5.26 Å². The Balaban J connectivity index is 1.45. The molecule has 4 aromatic rings. The van der Waals surface area contributed by atoms with Gasteiger partial charge in [-0.15, -0.1) is 0 Å². The standard InChI is InChI=1S/C29H26F4N8O/c1-41-16-23(29(31,32)33)38-27(41)19-7-5-18(6-8-19)15-36-26-24-28(42-12-4-2-3-11-35-17-37-24)40-25(39-26)20-9-10-22(30)21(13-20)14-34/h5-10,13,16-17H,2-4,11-12,15H2,1H3,(H,35,37)(H,36,39,40). The molecule has 0 fully saturated rings. The number of anilines is 2. The Kier molecular flexibility index (Phi) is 8.33. The monoisotopic (exact) mass is 578 g/mol. The van der Waals surface area contributed by atoms with E-state index in [0.29, 0.717) is 42.3 Å². The average Bonchev–Trinajstić information content (AvgIpc) is 3.35. The summed E-state index contributed by atoms with van der Waals surface area (Å²) in [4.78, 5) is 17.3. The van der Waals surface area contributed by atoms with E-state index in [9.17, 15) is 22.8 Å². The van der Waals surface area contributed by atoms with E-state index in [4.69, 9.17) is 4.74 Å². The van der Waals surface area contributed by atoms with Gasteiger partial charge in [0.2, 0.25) is 5.88 Å². The smallest absolute Gasteiger partial charge is 0.434 e. The van der Waals surface area contributed by atoms with Crippen LogP contribution in [0.15, 0.2) is 53.7 Å². The number of imidazole rings is 1. The minimum absolute atomic E-state index is 0.136. The number of halogens is 4. The summed E-state index contributed by atoms with van der Waals surface area (Å²) in [5.41, 5.74) is 1.15. The first-order valence-electron chi connectivity index (χ1n) is 13.2. The topological polar surface area (TPSA) is 113 Å². The molecule has 3 heterocycles. The van der Waals surface area contributed by atoms with Crippen molar-refractivity contribution in [1.82, 2.24) is 19.5 Å². The fourth-order valence-corrected chi connectivity index (χ4v) is 4.34. The lowest BCUT2D eigenvalue weighted by Gasteiger charge is -2.17. The van der Waals surface area contributed by atoms with Crippen molar-refractivity contribution in [2.75, 3.05) is 23.8 Å². The third-order valence-corrected chi connectivity index (χ3v) is 6.53.